The zero-order valence-corrected chi connectivity index (χ0v) is 28.9. The first-order valence-corrected chi connectivity index (χ1v) is 17.5. The molecular weight excluding hydrogens is 641 g/mol. The number of furan rings is 1. The molecular formula is C45H34N6O. The zero-order valence-electron chi connectivity index (χ0n) is 28.9. The maximum Gasteiger partial charge on any atom is 0.164 e. The van der Waals surface area contributed by atoms with Crippen LogP contribution in [0.3, 0.4) is 0 Å². The average Bonchev–Trinajstić information content (AvgIpc) is 3.73. The summed E-state index contributed by atoms with van der Waals surface area (Å²) in [7, 11) is 0. The summed E-state index contributed by atoms with van der Waals surface area (Å²) in [5.41, 5.74) is 9.18. The van der Waals surface area contributed by atoms with Gasteiger partial charge >= 0.3 is 0 Å². The van der Waals surface area contributed by atoms with Crippen molar-refractivity contribution in [3.8, 4) is 34.0 Å². The van der Waals surface area contributed by atoms with Gasteiger partial charge in [-0.15, -0.1) is 0 Å². The van der Waals surface area contributed by atoms with Gasteiger partial charge in [-0.3, -0.25) is 9.97 Å². The van der Waals surface area contributed by atoms with Crippen molar-refractivity contribution in [2.75, 3.05) is 0 Å². The van der Waals surface area contributed by atoms with Gasteiger partial charge in [-0.25, -0.2) is 15.0 Å². The molecule has 1 aliphatic carbocycles. The van der Waals surface area contributed by atoms with Gasteiger partial charge in [0.1, 0.15) is 11.2 Å². The molecule has 7 nitrogen and oxygen atoms in total. The van der Waals surface area contributed by atoms with Crippen LogP contribution in [-0.4, -0.2) is 29.5 Å². The number of aromatic nitrogens is 6. The monoisotopic (exact) mass is 674 g/mol. The zero-order chi connectivity index (χ0) is 35.2. The number of allylic oxidation sites excluding steroid dienone is 9. The maximum absolute atomic E-state index is 6.44. The molecule has 0 aliphatic heterocycles. The van der Waals surface area contributed by atoms with Crippen LogP contribution in [0.2, 0.25) is 0 Å². The Balaban J connectivity index is 1.23. The van der Waals surface area contributed by atoms with E-state index in [9.17, 15) is 0 Å². The molecule has 5 aromatic heterocycles. The maximum atomic E-state index is 6.44. The number of benzene rings is 3. The summed E-state index contributed by atoms with van der Waals surface area (Å²) in [6, 6.07) is 26.6. The fourth-order valence-corrected chi connectivity index (χ4v) is 7.20. The fraction of sp³-hybridized carbons (Fsp3) is 0.0889. The molecule has 0 fully saturated rings. The van der Waals surface area contributed by atoms with E-state index in [0.717, 1.165) is 83.8 Å². The Morgan fingerprint density at radius 1 is 0.827 bits per heavy atom. The molecule has 8 aromatic rings. The summed E-state index contributed by atoms with van der Waals surface area (Å²) in [6.07, 6.45) is 21.1. The Hall–Kier alpha value is -6.73. The molecule has 0 radical (unpaired) electrons. The Morgan fingerprint density at radius 3 is 2.52 bits per heavy atom. The quantitative estimate of drug-likeness (QED) is 0.156. The summed E-state index contributed by atoms with van der Waals surface area (Å²) in [6.45, 7) is 8.16. The predicted octanol–water partition coefficient (Wildman–Crippen LogP) is 11.3. The van der Waals surface area contributed by atoms with Crippen LogP contribution in [0.1, 0.15) is 26.1 Å². The second kappa shape index (κ2) is 12.9. The highest BCUT2D eigenvalue weighted by Crippen LogP contribution is 2.39. The number of hydrogen-bond acceptors (Lipinski definition) is 6. The minimum absolute atomic E-state index is 0.403. The van der Waals surface area contributed by atoms with E-state index in [2.05, 4.69) is 77.7 Å². The Bertz CT molecular complexity index is 2820. The van der Waals surface area contributed by atoms with Crippen LogP contribution in [-0.2, 0) is 0 Å². The Labute approximate surface area is 300 Å². The van der Waals surface area contributed by atoms with Crippen molar-refractivity contribution < 1.29 is 4.42 Å². The lowest BCUT2D eigenvalue weighted by Crippen LogP contribution is -2.04. The van der Waals surface area contributed by atoms with Gasteiger partial charge < -0.3 is 8.98 Å². The summed E-state index contributed by atoms with van der Waals surface area (Å²) in [4.78, 5) is 24.6. The normalized spacial score (nSPS) is 15.0. The van der Waals surface area contributed by atoms with Gasteiger partial charge in [0.25, 0.3) is 0 Å². The van der Waals surface area contributed by atoms with Crippen molar-refractivity contribution in [1.29, 1.82) is 0 Å². The molecule has 9 rings (SSSR count). The van der Waals surface area contributed by atoms with Gasteiger partial charge in [0.05, 0.1) is 29.1 Å². The average molecular weight is 675 g/mol. The SMILES string of the molecule is C=C/C=C(\C=C/C)n1c2cnccc2c2cc(-c3ccc4oc5cccc(-c6nc(C7=CC(C)CC=C7)nc(-c7ccccc7)n6)c5c4c3)ncc21. The third kappa shape index (κ3) is 5.34. The molecule has 52 heavy (non-hydrogen) atoms. The smallest absolute Gasteiger partial charge is 0.164 e. The molecule has 0 saturated carbocycles. The van der Waals surface area contributed by atoms with Gasteiger partial charge in [0.15, 0.2) is 17.5 Å². The van der Waals surface area contributed by atoms with E-state index in [0.29, 0.717) is 23.4 Å². The third-order valence-electron chi connectivity index (χ3n) is 9.57. The van der Waals surface area contributed by atoms with Crippen LogP contribution in [0.5, 0.6) is 0 Å². The number of fused-ring (bicyclic) bond motifs is 6. The molecule has 0 saturated heterocycles. The molecule has 0 spiro atoms. The third-order valence-corrected chi connectivity index (χ3v) is 9.57. The van der Waals surface area contributed by atoms with Crippen LogP contribution < -0.4 is 0 Å². The molecule has 0 amide bonds. The summed E-state index contributed by atoms with van der Waals surface area (Å²) in [5, 5.41) is 4.11. The number of nitrogens with zero attached hydrogens (tertiary/aromatic N) is 6. The first-order valence-electron chi connectivity index (χ1n) is 17.5. The van der Waals surface area contributed by atoms with Crippen molar-refractivity contribution in [1.82, 2.24) is 29.5 Å². The summed E-state index contributed by atoms with van der Waals surface area (Å²) in [5.74, 6) is 2.29. The largest absolute Gasteiger partial charge is 0.456 e. The standard InChI is InChI=1S/C45H34N6O/c1-4-11-32(12-5-2)51-38-26-46-22-21-33(38)35-25-37(47-27-39(35)51)30-19-20-40-36(24-30)42-34(17-10-18-41(42)52-40)45-49-43(29-14-7-6-8-15-29)48-44(50-45)31-16-9-13-28(3)23-31/h4-12,14-28H,1,13H2,2-3H3/b12-5-,32-11+. The highest BCUT2D eigenvalue weighted by atomic mass is 16.3. The van der Waals surface area contributed by atoms with Crippen molar-refractivity contribution in [2.24, 2.45) is 5.92 Å². The van der Waals surface area contributed by atoms with Crippen molar-refractivity contribution >= 4 is 55.0 Å². The van der Waals surface area contributed by atoms with Crippen molar-refractivity contribution in [3.63, 3.8) is 0 Å². The second-order valence-corrected chi connectivity index (χ2v) is 13.0. The van der Waals surface area contributed by atoms with Crippen LogP contribution in [0.15, 0.2) is 151 Å². The lowest BCUT2D eigenvalue weighted by Gasteiger charge is -2.13. The van der Waals surface area contributed by atoms with Crippen molar-refractivity contribution in [2.45, 2.75) is 20.3 Å². The molecule has 1 aliphatic rings. The van der Waals surface area contributed by atoms with E-state index in [-0.39, 0.29) is 0 Å². The topological polar surface area (TPSA) is 82.5 Å². The van der Waals surface area contributed by atoms with E-state index in [1.807, 2.05) is 86.2 Å². The van der Waals surface area contributed by atoms with Gasteiger partial charge in [0.2, 0.25) is 0 Å². The van der Waals surface area contributed by atoms with Gasteiger partial charge in [-0.05, 0) is 67.8 Å². The first kappa shape index (κ1) is 31.3. The molecule has 0 bridgehead atoms. The van der Waals surface area contributed by atoms with Crippen LogP contribution in [0, 0.1) is 5.92 Å². The highest BCUT2D eigenvalue weighted by Gasteiger charge is 2.20. The lowest BCUT2D eigenvalue weighted by molar-refractivity contribution is 0.669. The van der Waals surface area contributed by atoms with E-state index in [4.69, 9.17) is 24.4 Å². The molecule has 250 valence electrons. The Kier molecular flexibility index (Phi) is 7.73. The molecule has 5 heterocycles. The van der Waals surface area contributed by atoms with E-state index >= 15 is 0 Å². The van der Waals surface area contributed by atoms with E-state index in [1.54, 1.807) is 6.08 Å². The van der Waals surface area contributed by atoms with Gasteiger partial charge in [0, 0.05) is 55.7 Å². The highest BCUT2D eigenvalue weighted by molar-refractivity contribution is 6.14. The molecule has 0 N–H and O–H groups in total. The number of rotatable bonds is 7. The van der Waals surface area contributed by atoms with Gasteiger partial charge in [-0.1, -0.05) is 86.3 Å². The van der Waals surface area contributed by atoms with E-state index < -0.39 is 0 Å². The summed E-state index contributed by atoms with van der Waals surface area (Å²) >= 11 is 0. The van der Waals surface area contributed by atoms with Gasteiger partial charge in [-0.2, -0.15) is 0 Å². The molecule has 1 unspecified atom stereocenters. The van der Waals surface area contributed by atoms with Crippen LogP contribution in [0.25, 0.3) is 89.0 Å². The van der Waals surface area contributed by atoms with Crippen LogP contribution >= 0.6 is 0 Å². The van der Waals surface area contributed by atoms with Crippen LogP contribution in [0.4, 0.5) is 0 Å². The second-order valence-electron chi connectivity index (χ2n) is 13.0. The lowest BCUT2D eigenvalue weighted by atomic mass is 9.97. The first-order chi connectivity index (χ1) is 25.6. The number of hydrogen-bond donors (Lipinski definition) is 0. The minimum Gasteiger partial charge on any atom is -0.456 e. The van der Waals surface area contributed by atoms with E-state index in [1.165, 1.54) is 0 Å². The summed E-state index contributed by atoms with van der Waals surface area (Å²) < 4.78 is 8.62. The number of pyridine rings is 2. The Morgan fingerprint density at radius 2 is 1.67 bits per heavy atom. The minimum atomic E-state index is 0.403. The predicted molar refractivity (Wildman–Crippen MR) is 212 cm³/mol. The molecule has 7 heteroatoms. The molecule has 3 aromatic carbocycles. The molecule has 1 atom stereocenters. The van der Waals surface area contributed by atoms with Crippen molar-refractivity contribution in [3.05, 3.63) is 152 Å². The fourth-order valence-electron chi connectivity index (χ4n) is 7.20.